The Morgan fingerprint density at radius 2 is 1.88 bits per heavy atom. The van der Waals surface area contributed by atoms with Gasteiger partial charge in [0.25, 0.3) is 0 Å². The number of benzene rings is 2. The molecule has 0 aliphatic rings. The third-order valence-electron chi connectivity index (χ3n) is 2.39. The molecule has 86 valence electrons. The van der Waals surface area contributed by atoms with Gasteiger partial charge >= 0.3 is 0 Å². The summed E-state index contributed by atoms with van der Waals surface area (Å²) in [6, 6.07) is 10.9. The molecule has 0 spiro atoms. The average molecular weight is 249 g/mol. The summed E-state index contributed by atoms with van der Waals surface area (Å²) in [6.07, 6.45) is 0. The molecule has 0 saturated heterocycles. The Hall–Kier alpha value is -1.67. The van der Waals surface area contributed by atoms with Crippen LogP contribution in [0, 0.1) is 12.7 Å². The molecule has 0 atom stereocenters. The van der Waals surface area contributed by atoms with E-state index in [9.17, 15) is 9.18 Å². The predicted molar refractivity (Wildman–Crippen MR) is 66.0 cm³/mol. The molecule has 0 aliphatic carbocycles. The van der Waals surface area contributed by atoms with Crippen molar-refractivity contribution in [2.45, 2.75) is 6.92 Å². The van der Waals surface area contributed by atoms with Crippen LogP contribution in [0.4, 0.5) is 4.39 Å². The fourth-order valence-electron chi connectivity index (χ4n) is 1.66. The van der Waals surface area contributed by atoms with E-state index in [0.29, 0.717) is 16.1 Å². The molecule has 0 bridgehead atoms. The Bertz CT molecular complexity index is 558. The molecule has 0 heterocycles. The highest BCUT2D eigenvalue weighted by Crippen LogP contribution is 2.16. The van der Waals surface area contributed by atoms with Gasteiger partial charge in [-0.25, -0.2) is 4.39 Å². The van der Waals surface area contributed by atoms with E-state index in [1.54, 1.807) is 37.3 Å². The molecule has 0 aromatic heterocycles. The lowest BCUT2D eigenvalue weighted by atomic mass is 10.0. The van der Waals surface area contributed by atoms with Crippen molar-refractivity contribution in [2.24, 2.45) is 0 Å². The molecule has 0 unspecified atom stereocenters. The maximum Gasteiger partial charge on any atom is 0.193 e. The van der Waals surface area contributed by atoms with Crippen LogP contribution in [0.1, 0.15) is 21.5 Å². The summed E-state index contributed by atoms with van der Waals surface area (Å²) in [6.45, 7) is 1.75. The Labute approximate surface area is 104 Å². The second-order valence-corrected chi connectivity index (χ2v) is 4.29. The first-order valence-electron chi connectivity index (χ1n) is 5.14. The number of rotatable bonds is 2. The van der Waals surface area contributed by atoms with Crippen LogP contribution in [0.3, 0.4) is 0 Å². The molecule has 3 heteroatoms. The van der Waals surface area contributed by atoms with Gasteiger partial charge in [0, 0.05) is 16.1 Å². The topological polar surface area (TPSA) is 17.1 Å². The standard InChI is InChI=1S/C14H10ClFO/c1-9-5-11(8-13(16)6-9)14(17)10-3-2-4-12(15)7-10/h2-8H,1H3. The van der Waals surface area contributed by atoms with Crippen molar-refractivity contribution >= 4 is 17.4 Å². The van der Waals surface area contributed by atoms with Gasteiger partial charge in [0.15, 0.2) is 5.78 Å². The molecular formula is C14H10ClFO. The van der Waals surface area contributed by atoms with E-state index in [0.717, 1.165) is 5.56 Å². The number of ketones is 1. The van der Waals surface area contributed by atoms with Gasteiger partial charge < -0.3 is 0 Å². The summed E-state index contributed by atoms with van der Waals surface area (Å²) in [7, 11) is 0. The van der Waals surface area contributed by atoms with Gasteiger partial charge in [0.2, 0.25) is 0 Å². The van der Waals surface area contributed by atoms with Crippen LogP contribution in [0.2, 0.25) is 5.02 Å². The number of halogens is 2. The van der Waals surface area contributed by atoms with Gasteiger partial charge in [-0.1, -0.05) is 23.7 Å². The van der Waals surface area contributed by atoms with Gasteiger partial charge in [-0.2, -0.15) is 0 Å². The Kier molecular flexibility index (Phi) is 3.25. The van der Waals surface area contributed by atoms with Crippen molar-refractivity contribution in [3.63, 3.8) is 0 Å². The summed E-state index contributed by atoms with van der Waals surface area (Å²) < 4.78 is 13.2. The normalized spacial score (nSPS) is 10.3. The molecule has 0 aliphatic heterocycles. The van der Waals surface area contributed by atoms with E-state index in [1.807, 2.05) is 0 Å². The number of carbonyl (C=O) groups excluding carboxylic acids is 1. The number of aryl methyl sites for hydroxylation is 1. The second kappa shape index (κ2) is 4.68. The van der Waals surface area contributed by atoms with E-state index in [2.05, 4.69) is 0 Å². The van der Waals surface area contributed by atoms with E-state index in [-0.39, 0.29) is 5.78 Å². The lowest BCUT2D eigenvalue weighted by Gasteiger charge is -2.03. The first-order chi connectivity index (χ1) is 8.06. The largest absolute Gasteiger partial charge is 0.289 e. The fraction of sp³-hybridized carbons (Fsp3) is 0.0714. The van der Waals surface area contributed by atoms with Crippen molar-refractivity contribution in [2.75, 3.05) is 0 Å². The zero-order valence-corrected chi connectivity index (χ0v) is 9.96. The Morgan fingerprint density at radius 3 is 2.53 bits per heavy atom. The number of hydrogen-bond donors (Lipinski definition) is 0. The molecular weight excluding hydrogens is 239 g/mol. The molecule has 2 rings (SSSR count). The minimum Gasteiger partial charge on any atom is -0.289 e. The second-order valence-electron chi connectivity index (χ2n) is 3.86. The highest BCUT2D eigenvalue weighted by molar-refractivity contribution is 6.31. The SMILES string of the molecule is Cc1cc(F)cc(C(=O)c2cccc(Cl)c2)c1. The Morgan fingerprint density at radius 1 is 1.12 bits per heavy atom. The van der Waals surface area contributed by atoms with Crippen molar-refractivity contribution in [3.05, 3.63) is 70.0 Å². The van der Waals surface area contributed by atoms with Crippen molar-refractivity contribution < 1.29 is 9.18 Å². The zero-order chi connectivity index (χ0) is 12.4. The molecule has 0 radical (unpaired) electrons. The lowest BCUT2D eigenvalue weighted by molar-refractivity contribution is 0.103. The third kappa shape index (κ3) is 2.71. The maximum atomic E-state index is 13.2. The summed E-state index contributed by atoms with van der Waals surface area (Å²) in [5, 5.41) is 0.490. The first kappa shape index (κ1) is 11.8. The van der Waals surface area contributed by atoms with Crippen molar-refractivity contribution in [3.8, 4) is 0 Å². The number of carbonyl (C=O) groups is 1. The molecule has 2 aromatic rings. The molecule has 0 amide bonds. The van der Waals surface area contributed by atoms with Crippen LogP contribution in [-0.2, 0) is 0 Å². The lowest BCUT2D eigenvalue weighted by Crippen LogP contribution is -2.02. The molecule has 1 nitrogen and oxygen atoms in total. The van der Waals surface area contributed by atoms with Gasteiger partial charge in [-0.3, -0.25) is 4.79 Å². The van der Waals surface area contributed by atoms with Crippen LogP contribution < -0.4 is 0 Å². The third-order valence-corrected chi connectivity index (χ3v) is 2.63. The van der Waals surface area contributed by atoms with Gasteiger partial charge in [0.1, 0.15) is 5.82 Å². The smallest absolute Gasteiger partial charge is 0.193 e. The van der Waals surface area contributed by atoms with E-state index < -0.39 is 5.82 Å². The van der Waals surface area contributed by atoms with E-state index in [4.69, 9.17) is 11.6 Å². The van der Waals surface area contributed by atoms with Crippen molar-refractivity contribution in [1.29, 1.82) is 0 Å². The van der Waals surface area contributed by atoms with E-state index >= 15 is 0 Å². The maximum absolute atomic E-state index is 13.2. The minimum absolute atomic E-state index is 0.227. The summed E-state index contributed by atoms with van der Waals surface area (Å²) in [5.74, 6) is -0.634. The Balaban J connectivity index is 2.43. The monoisotopic (exact) mass is 248 g/mol. The fourth-order valence-corrected chi connectivity index (χ4v) is 1.85. The predicted octanol–water partition coefficient (Wildman–Crippen LogP) is 4.02. The summed E-state index contributed by atoms with van der Waals surface area (Å²) >= 11 is 5.81. The van der Waals surface area contributed by atoms with Crippen molar-refractivity contribution in [1.82, 2.24) is 0 Å². The molecule has 0 N–H and O–H groups in total. The van der Waals surface area contributed by atoms with E-state index in [1.165, 1.54) is 12.1 Å². The first-order valence-corrected chi connectivity index (χ1v) is 5.51. The molecule has 0 saturated carbocycles. The molecule has 0 fully saturated rings. The van der Waals surface area contributed by atoms with Gasteiger partial charge in [-0.15, -0.1) is 0 Å². The van der Waals surface area contributed by atoms with Crippen LogP contribution >= 0.6 is 11.6 Å². The average Bonchev–Trinajstić information content (AvgIpc) is 2.26. The van der Waals surface area contributed by atoms with Crippen LogP contribution in [0.15, 0.2) is 42.5 Å². The van der Waals surface area contributed by atoms with Crippen LogP contribution in [-0.4, -0.2) is 5.78 Å². The number of hydrogen-bond acceptors (Lipinski definition) is 1. The highest BCUT2D eigenvalue weighted by atomic mass is 35.5. The van der Waals surface area contributed by atoms with Crippen LogP contribution in [0.5, 0.6) is 0 Å². The zero-order valence-electron chi connectivity index (χ0n) is 9.21. The summed E-state index contributed by atoms with van der Waals surface area (Å²) in [5.41, 5.74) is 1.52. The summed E-state index contributed by atoms with van der Waals surface area (Å²) in [4.78, 5) is 12.1. The minimum atomic E-state index is -0.407. The van der Waals surface area contributed by atoms with Gasteiger partial charge in [-0.05, 0) is 42.8 Å². The van der Waals surface area contributed by atoms with Gasteiger partial charge in [0.05, 0.1) is 0 Å². The quantitative estimate of drug-likeness (QED) is 0.734. The highest BCUT2D eigenvalue weighted by Gasteiger charge is 2.10. The van der Waals surface area contributed by atoms with Crippen LogP contribution in [0.25, 0.3) is 0 Å². The molecule has 2 aromatic carbocycles. The molecule has 17 heavy (non-hydrogen) atoms.